The van der Waals surface area contributed by atoms with Crippen LogP contribution < -0.4 is 10.9 Å². The number of nitrogens with one attached hydrogen (secondary N) is 2. The van der Waals surface area contributed by atoms with Gasteiger partial charge in [-0.2, -0.15) is 0 Å². The summed E-state index contributed by atoms with van der Waals surface area (Å²) in [5.74, 6) is -0.373. The van der Waals surface area contributed by atoms with Crippen molar-refractivity contribution in [1.29, 1.82) is 0 Å². The first-order chi connectivity index (χ1) is 7.75. The Morgan fingerprint density at radius 3 is 3.00 bits per heavy atom. The molecule has 2 aromatic rings. The molecule has 3 rings (SSSR count). The van der Waals surface area contributed by atoms with Crippen LogP contribution >= 0.6 is 0 Å². The quantitative estimate of drug-likeness (QED) is 0.700. The molecule has 3 nitrogen and oxygen atoms in total. The molecule has 2 N–H and O–H groups in total. The van der Waals surface area contributed by atoms with Gasteiger partial charge in [0.15, 0.2) is 0 Å². The Labute approximate surface area is 91.3 Å². The molecule has 0 spiro atoms. The molecule has 0 radical (unpaired) electrons. The van der Waals surface area contributed by atoms with E-state index in [0.717, 1.165) is 36.2 Å². The fourth-order valence-electron chi connectivity index (χ4n) is 2.25. The number of pyridine rings is 1. The van der Waals surface area contributed by atoms with E-state index in [-0.39, 0.29) is 11.4 Å². The Bertz CT molecular complexity index is 618. The number of halogens is 1. The molecule has 0 amide bonds. The van der Waals surface area contributed by atoms with Crippen molar-refractivity contribution in [2.45, 2.75) is 13.0 Å². The molecule has 0 bridgehead atoms. The van der Waals surface area contributed by atoms with Crippen molar-refractivity contribution in [1.82, 2.24) is 10.3 Å². The zero-order valence-electron chi connectivity index (χ0n) is 8.64. The fourth-order valence-corrected chi connectivity index (χ4v) is 2.25. The Morgan fingerprint density at radius 1 is 1.25 bits per heavy atom. The van der Waals surface area contributed by atoms with E-state index in [1.54, 1.807) is 6.07 Å². The van der Waals surface area contributed by atoms with Gasteiger partial charge in [-0.1, -0.05) is 6.07 Å². The molecule has 2 heterocycles. The first-order valence-corrected chi connectivity index (χ1v) is 5.30. The topological polar surface area (TPSA) is 44.9 Å². The molecule has 0 fully saturated rings. The maximum absolute atomic E-state index is 13.1. The molecule has 16 heavy (non-hydrogen) atoms. The van der Waals surface area contributed by atoms with Crippen LogP contribution in [0.1, 0.15) is 11.3 Å². The van der Waals surface area contributed by atoms with Gasteiger partial charge in [-0.3, -0.25) is 4.79 Å². The van der Waals surface area contributed by atoms with Crippen LogP contribution in [0.5, 0.6) is 0 Å². The number of fused-ring (bicyclic) bond motifs is 3. The van der Waals surface area contributed by atoms with E-state index >= 15 is 0 Å². The van der Waals surface area contributed by atoms with Gasteiger partial charge in [0.2, 0.25) is 0 Å². The van der Waals surface area contributed by atoms with E-state index in [2.05, 4.69) is 10.3 Å². The first-order valence-electron chi connectivity index (χ1n) is 5.30. The van der Waals surface area contributed by atoms with Crippen LogP contribution in [0.15, 0.2) is 23.0 Å². The van der Waals surface area contributed by atoms with Crippen molar-refractivity contribution in [3.8, 4) is 0 Å². The second-order valence-electron chi connectivity index (χ2n) is 4.03. The second kappa shape index (κ2) is 3.42. The Balaban J connectivity index is 2.42. The Kier molecular flexibility index (Phi) is 2.04. The highest BCUT2D eigenvalue weighted by Gasteiger charge is 2.14. The highest BCUT2D eigenvalue weighted by molar-refractivity contribution is 5.85. The SMILES string of the molecule is O=c1[nH]c2c(c3ccc(F)cc13)CNCC2. The van der Waals surface area contributed by atoms with Gasteiger partial charge in [0.25, 0.3) is 5.56 Å². The van der Waals surface area contributed by atoms with E-state index < -0.39 is 0 Å². The van der Waals surface area contributed by atoms with Gasteiger partial charge in [0.05, 0.1) is 5.39 Å². The number of aromatic nitrogens is 1. The number of benzene rings is 1. The van der Waals surface area contributed by atoms with Gasteiger partial charge in [-0.15, -0.1) is 0 Å². The number of hydrogen-bond donors (Lipinski definition) is 2. The molecular formula is C12H11FN2O. The van der Waals surface area contributed by atoms with Gasteiger partial charge in [0, 0.05) is 25.2 Å². The molecular weight excluding hydrogens is 207 g/mol. The summed E-state index contributed by atoms with van der Waals surface area (Å²) in [6.45, 7) is 1.60. The minimum Gasteiger partial charge on any atom is -0.325 e. The summed E-state index contributed by atoms with van der Waals surface area (Å²) in [5.41, 5.74) is 1.86. The van der Waals surface area contributed by atoms with Crippen molar-refractivity contribution >= 4 is 10.8 Å². The smallest absolute Gasteiger partial charge is 0.256 e. The van der Waals surface area contributed by atoms with Gasteiger partial charge < -0.3 is 10.3 Å². The lowest BCUT2D eigenvalue weighted by molar-refractivity contribution is 0.626. The van der Waals surface area contributed by atoms with Crippen LogP contribution in [-0.2, 0) is 13.0 Å². The molecule has 0 atom stereocenters. The third kappa shape index (κ3) is 1.34. The molecule has 1 aliphatic rings. The standard InChI is InChI=1S/C12H11FN2O/c13-7-1-2-8-9(5-7)12(16)15-11-3-4-14-6-10(8)11/h1-2,5,14H,3-4,6H2,(H,15,16). The molecule has 1 aromatic carbocycles. The highest BCUT2D eigenvalue weighted by atomic mass is 19.1. The van der Waals surface area contributed by atoms with E-state index in [9.17, 15) is 9.18 Å². The van der Waals surface area contributed by atoms with Gasteiger partial charge in [0.1, 0.15) is 5.82 Å². The van der Waals surface area contributed by atoms with Crippen LogP contribution in [0.4, 0.5) is 4.39 Å². The lowest BCUT2D eigenvalue weighted by Gasteiger charge is -2.18. The minimum atomic E-state index is -0.373. The average Bonchev–Trinajstić information content (AvgIpc) is 2.29. The van der Waals surface area contributed by atoms with Gasteiger partial charge >= 0.3 is 0 Å². The van der Waals surface area contributed by atoms with Crippen molar-refractivity contribution in [2.24, 2.45) is 0 Å². The second-order valence-corrected chi connectivity index (χ2v) is 4.03. The minimum absolute atomic E-state index is 0.199. The largest absolute Gasteiger partial charge is 0.325 e. The zero-order chi connectivity index (χ0) is 11.1. The van der Waals surface area contributed by atoms with Crippen LogP contribution in [0.2, 0.25) is 0 Å². The lowest BCUT2D eigenvalue weighted by atomic mass is 10.00. The predicted octanol–water partition coefficient (Wildman–Crippen LogP) is 1.31. The highest BCUT2D eigenvalue weighted by Crippen LogP contribution is 2.21. The van der Waals surface area contributed by atoms with E-state index in [4.69, 9.17) is 0 Å². The summed E-state index contributed by atoms with van der Waals surface area (Å²) in [4.78, 5) is 14.6. The van der Waals surface area contributed by atoms with Gasteiger partial charge in [-0.05, 0) is 23.1 Å². The van der Waals surface area contributed by atoms with E-state index in [1.165, 1.54) is 12.1 Å². The molecule has 0 unspecified atom stereocenters. The Morgan fingerprint density at radius 2 is 2.12 bits per heavy atom. The molecule has 1 aromatic heterocycles. The van der Waals surface area contributed by atoms with Gasteiger partial charge in [-0.25, -0.2) is 4.39 Å². The number of rotatable bonds is 0. The summed E-state index contributed by atoms with van der Waals surface area (Å²) >= 11 is 0. The van der Waals surface area contributed by atoms with E-state index in [1.807, 2.05) is 0 Å². The Hall–Kier alpha value is -1.68. The molecule has 0 saturated heterocycles. The average molecular weight is 218 g/mol. The summed E-state index contributed by atoms with van der Waals surface area (Å²) < 4.78 is 13.1. The van der Waals surface area contributed by atoms with Crippen molar-refractivity contribution in [3.05, 3.63) is 45.6 Å². The summed E-state index contributed by atoms with van der Waals surface area (Å²) in [7, 11) is 0. The molecule has 0 aliphatic carbocycles. The zero-order valence-corrected chi connectivity index (χ0v) is 8.64. The molecule has 4 heteroatoms. The molecule has 1 aliphatic heterocycles. The van der Waals surface area contributed by atoms with Crippen LogP contribution in [0.25, 0.3) is 10.8 Å². The van der Waals surface area contributed by atoms with Crippen LogP contribution in [-0.4, -0.2) is 11.5 Å². The third-order valence-corrected chi connectivity index (χ3v) is 3.03. The fraction of sp³-hybridized carbons (Fsp3) is 0.250. The number of hydrogen-bond acceptors (Lipinski definition) is 2. The monoisotopic (exact) mass is 218 g/mol. The summed E-state index contributed by atoms with van der Waals surface area (Å²) in [6.07, 6.45) is 0.817. The third-order valence-electron chi connectivity index (χ3n) is 3.03. The summed E-state index contributed by atoms with van der Waals surface area (Å²) in [6, 6.07) is 4.38. The maximum atomic E-state index is 13.1. The number of H-pyrrole nitrogens is 1. The van der Waals surface area contributed by atoms with Crippen molar-refractivity contribution in [2.75, 3.05) is 6.54 Å². The lowest BCUT2D eigenvalue weighted by Crippen LogP contribution is -2.27. The number of aromatic amines is 1. The van der Waals surface area contributed by atoms with E-state index in [0.29, 0.717) is 5.39 Å². The van der Waals surface area contributed by atoms with Crippen LogP contribution in [0, 0.1) is 5.82 Å². The normalized spacial score (nSPS) is 15.1. The van der Waals surface area contributed by atoms with Crippen molar-refractivity contribution in [3.63, 3.8) is 0 Å². The summed E-state index contributed by atoms with van der Waals surface area (Å²) in [5, 5.41) is 4.54. The van der Waals surface area contributed by atoms with Crippen molar-refractivity contribution < 1.29 is 4.39 Å². The maximum Gasteiger partial charge on any atom is 0.256 e. The molecule has 0 saturated carbocycles. The predicted molar refractivity (Wildman–Crippen MR) is 59.9 cm³/mol. The van der Waals surface area contributed by atoms with Crippen LogP contribution in [0.3, 0.4) is 0 Å². The molecule has 82 valence electrons. The first kappa shape index (κ1) is 9.54.